The summed E-state index contributed by atoms with van der Waals surface area (Å²) in [7, 11) is 0. The van der Waals surface area contributed by atoms with Gasteiger partial charge in [0.05, 0.1) is 0 Å². The van der Waals surface area contributed by atoms with Gasteiger partial charge in [-0.2, -0.15) is 0 Å². The number of nitrogens with two attached hydrogens (primary N) is 1. The Morgan fingerprint density at radius 1 is 1.33 bits per heavy atom. The van der Waals surface area contributed by atoms with Crippen LogP contribution in [0.15, 0.2) is 18.5 Å². The number of rotatable bonds is 6. The third-order valence-corrected chi connectivity index (χ3v) is 2.32. The van der Waals surface area contributed by atoms with Gasteiger partial charge in [0.25, 0.3) is 0 Å². The van der Waals surface area contributed by atoms with Crippen molar-refractivity contribution in [2.24, 2.45) is 5.73 Å². The summed E-state index contributed by atoms with van der Waals surface area (Å²) in [6, 6.07) is 2.19. The van der Waals surface area contributed by atoms with Crippen LogP contribution in [-0.2, 0) is 6.54 Å². The van der Waals surface area contributed by atoms with Gasteiger partial charge in [0.2, 0.25) is 0 Å². The Morgan fingerprint density at radius 3 is 2.73 bits per heavy atom. The number of aryl methyl sites for hydroxylation is 1. The molecule has 1 aromatic heterocycles. The van der Waals surface area contributed by atoms with Gasteiger partial charge in [0, 0.05) is 32.0 Å². The Morgan fingerprint density at radius 2 is 2.13 bits per heavy atom. The van der Waals surface area contributed by atoms with Gasteiger partial charge in [-0.3, -0.25) is 9.88 Å². The molecule has 3 nitrogen and oxygen atoms in total. The van der Waals surface area contributed by atoms with E-state index >= 15 is 0 Å². The monoisotopic (exact) mass is 207 g/mol. The van der Waals surface area contributed by atoms with Crippen molar-refractivity contribution in [1.29, 1.82) is 0 Å². The first kappa shape index (κ1) is 12.1. The second kappa shape index (κ2) is 6.53. The summed E-state index contributed by atoms with van der Waals surface area (Å²) in [5, 5.41) is 0. The van der Waals surface area contributed by atoms with E-state index in [-0.39, 0.29) is 0 Å². The minimum Gasteiger partial charge on any atom is -0.329 e. The maximum atomic E-state index is 5.59. The van der Waals surface area contributed by atoms with E-state index in [0.29, 0.717) is 0 Å². The highest BCUT2D eigenvalue weighted by Gasteiger charge is 2.03. The first-order valence-electron chi connectivity index (χ1n) is 5.59. The summed E-state index contributed by atoms with van der Waals surface area (Å²) in [5.74, 6) is 0. The van der Waals surface area contributed by atoms with Crippen LogP contribution in [0.3, 0.4) is 0 Å². The molecule has 1 rings (SSSR count). The molecule has 0 fully saturated rings. The third kappa shape index (κ3) is 4.40. The standard InChI is InChI=1S/C12H21N3/c1-3-5-15(6-4-13)10-12-7-11(2)8-14-9-12/h7-9H,3-6,10,13H2,1-2H3. The Bertz CT molecular complexity index is 280. The van der Waals surface area contributed by atoms with Crippen molar-refractivity contribution in [2.45, 2.75) is 26.8 Å². The van der Waals surface area contributed by atoms with Gasteiger partial charge in [-0.1, -0.05) is 13.0 Å². The Labute approximate surface area is 92.3 Å². The normalized spacial score (nSPS) is 10.9. The van der Waals surface area contributed by atoms with Crippen molar-refractivity contribution in [3.05, 3.63) is 29.6 Å². The molecule has 0 bridgehead atoms. The van der Waals surface area contributed by atoms with Gasteiger partial charge >= 0.3 is 0 Å². The number of nitrogens with zero attached hydrogens (tertiary/aromatic N) is 2. The van der Waals surface area contributed by atoms with E-state index in [1.54, 1.807) is 0 Å². The molecule has 0 saturated heterocycles. The molecular weight excluding hydrogens is 186 g/mol. The van der Waals surface area contributed by atoms with Crippen LogP contribution >= 0.6 is 0 Å². The molecule has 0 unspecified atom stereocenters. The fourth-order valence-corrected chi connectivity index (χ4v) is 1.73. The van der Waals surface area contributed by atoms with E-state index in [1.807, 2.05) is 12.4 Å². The Kier molecular flexibility index (Phi) is 5.29. The molecule has 0 spiro atoms. The molecule has 0 atom stereocenters. The number of aromatic nitrogens is 1. The first-order chi connectivity index (χ1) is 7.26. The summed E-state index contributed by atoms with van der Waals surface area (Å²) in [4.78, 5) is 6.57. The third-order valence-electron chi connectivity index (χ3n) is 2.32. The molecule has 0 amide bonds. The largest absolute Gasteiger partial charge is 0.329 e. The minimum absolute atomic E-state index is 0.721. The van der Waals surface area contributed by atoms with Crippen LogP contribution in [0.5, 0.6) is 0 Å². The zero-order chi connectivity index (χ0) is 11.1. The molecule has 0 aliphatic carbocycles. The lowest BCUT2D eigenvalue weighted by molar-refractivity contribution is 0.273. The van der Waals surface area contributed by atoms with Gasteiger partial charge < -0.3 is 5.73 Å². The molecule has 0 saturated carbocycles. The van der Waals surface area contributed by atoms with E-state index in [4.69, 9.17) is 5.73 Å². The second-order valence-electron chi connectivity index (χ2n) is 3.94. The molecule has 0 aliphatic rings. The molecule has 84 valence electrons. The van der Waals surface area contributed by atoms with Crippen LogP contribution in [0, 0.1) is 6.92 Å². The molecular formula is C12H21N3. The van der Waals surface area contributed by atoms with Crippen LogP contribution in [0.2, 0.25) is 0 Å². The van der Waals surface area contributed by atoms with Crippen LogP contribution in [0.1, 0.15) is 24.5 Å². The van der Waals surface area contributed by atoms with Gasteiger partial charge in [-0.15, -0.1) is 0 Å². The maximum Gasteiger partial charge on any atom is 0.0313 e. The topological polar surface area (TPSA) is 42.1 Å². The lowest BCUT2D eigenvalue weighted by atomic mass is 10.2. The van der Waals surface area contributed by atoms with E-state index in [0.717, 1.165) is 26.2 Å². The van der Waals surface area contributed by atoms with E-state index in [1.165, 1.54) is 17.5 Å². The molecule has 0 radical (unpaired) electrons. The van der Waals surface area contributed by atoms with Gasteiger partial charge in [-0.05, 0) is 31.0 Å². The van der Waals surface area contributed by atoms with Crippen LogP contribution in [0.4, 0.5) is 0 Å². The van der Waals surface area contributed by atoms with E-state index < -0.39 is 0 Å². The van der Waals surface area contributed by atoms with Crippen molar-refractivity contribution in [2.75, 3.05) is 19.6 Å². The van der Waals surface area contributed by atoms with Crippen LogP contribution in [0.25, 0.3) is 0 Å². The molecule has 0 aliphatic heterocycles. The summed E-state index contributed by atoms with van der Waals surface area (Å²) < 4.78 is 0. The molecule has 2 N–H and O–H groups in total. The summed E-state index contributed by atoms with van der Waals surface area (Å²) in [6.45, 7) is 8.01. The fraction of sp³-hybridized carbons (Fsp3) is 0.583. The fourth-order valence-electron chi connectivity index (χ4n) is 1.73. The van der Waals surface area contributed by atoms with E-state index in [9.17, 15) is 0 Å². The highest BCUT2D eigenvalue weighted by atomic mass is 15.1. The highest BCUT2D eigenvalue weighted by molar-refractivity contribution is 5.16. The second-order valence-corrected chi connectivity index (χ2v) is 3.94. The Balaban J connectivity index is 2.56. The number of hydrogen-bond acceptors (Lipinski definition) is 3. The van der Waals surface area contributed by atoms with Crippen LogP contribution < -0.4 is 5.73 Å². The molecule has 15 heavy (non-hydrogen) atoms. The highest BCUT2D eigenvalue weighted by Crippen LogP contribution is 2.05. The lowest BCUT2D eigenvalue weighted by Gasteiger charge is -2.20. The van der Waals surface area contributed by atoms with Gasteiger partial charge in [0.15, 0.2) is 0 Å². The zero-order valence-corrected chi connectivity index (χ0v) is 9.74. The predicted octanol–water partition coefficient (Wildman–Crippen LogP) is 1.56. The van der Waals surface area contributed by atoms with Crippen molar-refractivity contribution in [3.8, 4) is 0 Å². The summed E-state index contributed by atoms with van der Waals surface area (Å²) >= 11 is 0. The van der Waals surface area contributed by atoms with Gasteiger partial charge in [-0.25, -0.2) is 0 Å². The average molecular weight is 207 g/mol. The SMILES string of the molecule is CCCN(CCN)Cc1cncc(C)c1. The quantitative estimate of drug-likeness (QED) is 0.769. The van der Waals surface area contributed by atoms with Gasteiger partial charge in [0.1, 0.15) is 0 Å². The smallest absolute Gasteiger partial charge is 0.0313 e. The predicted molar refractivity (Wildman–Crippen MR) is 63.6 cm³/mol. The maximum absolute atomic E-state index is 5.59. The van der Waals surface area contributed by atoms with Crippen LogP contribution in [-0.4, -0.2) is 29.5 Å². The van der Waals surface area contributed by atoms with Crippen molar-refractivity contribution in [3.63, 3.8) is 0 Å². The summed E-state index contributed by atoms with van der Waals surface area (Å²) in [6.07, 6.45) is 4.99. The molecule has 1 heterocycles. The molecule has 0 aromatic carbocycles. The molecule has 1 aromatic rings. The van der Waals surface area contributed by atoms with E-state index in [2.05, 4.69) is 29.8 Å². The molecule has 3 heteroatoms. The number of hydrogen-bond donors (Lipinski definition) is 1. The zero-order valence-electron chi connectivity index (χ0n) is 9.74. The van der Waals surface area contributed by atoms with Crippen molar-refractivity contribution in [1.82, 2.24) is 9.88 Å². The first-order valence-corrected chi connectivity index (χ1v) is 5.59. The lowest BCUT2D eigenvalue weighted by Crippen LogP contribution is -2.29. The number of pyridine rings is 1. The minimum atomic E-state index is 0.721. The average Bonchev–Trinajstić information content (AvgIpc) is 2.18. The summed E-state index contributed by atoms with van der Waals surface area (Å²) in [5.41, 5.74) is 8.08. The Hall–Kier alpha value is -0.930. The van der Waals surface area contributed by atoms with Crippen molar-refractivity contribution < 1.29 is 0 Å². The van der Waals surface area contributed by atoms with Crippen molar-refractivity contribution >= 4 is 0 Å².